The lowest BCUT2D eigenvalue weighted by Crippen LogP contribution is -2.53. The summed E-state index contributed by atoms with van der Waals surface area (Å²) in [6.45, 7) is 10.7. The van der Waals surface area contributed by atoms with Crippen molar-refractivity contribution in [1.29, 1.82) is 0 Å². The van der Waals surface area contributed by atoms with Crippen LogP contribution in [0.2, 0.25) is 5.02 Å². The van der Waals surface area contributed by atoms with Crippen molar-refractivity contribution >= 4 is 70.2 Å². The number of Topliss-reactive ketones (excluding diaryl/α,β-unsaturated/α-hetero) is 3. The Balaban J connectivity index is 1.39. The van der Waals surface area contributed by atoms with Gasteiger partial charge in [0, 0.05) is 82.0 Å². The highest BCUT2D eigenvalue weighted by Crippen LogP contribution is 2.50. The van der Waals surface area contributed by atoms with Gasteiger partial charge in [-0.15, -0.1) is 0 Å². The maximum atomic E-state index is 14.4. The third-order valence-corrected chi connectivity index (χ3v) is 15.2. The quantitative estimate of drug-likeness (QED) is 0.0448. The number of urea groups is 1. The molecule has 2 fully saturated rings. The number of nitrogens with two attached hydrogens (primary N) is 1. The first-order valence-electron chi connectivity index (χ1n) is 26.4. The van der Waals surface area contributed by atoms with Crippen molar-refractivity contribution in [2.45, 2.75) is 160 Å². The summed E-state index contributed by atoms with van der Waals surface area (Å²) in [5.41, 5.74) is 4.93. The van der Waals surface area contributed by atoms with Crippen molar-refractivity contribution in [2.75, 3.05) is 45.1 Å². The van der Waals surface area contributed by atoms with Crippen LogP contribution in [-0.4, -0.2) is 129 Å². The fraction of sp³-hybridized carbons (Fsp3) is 0.579. The Morgan fingerprint density at radius 1 is 1.00 bits per heavy atom. The molecule has 9 atom stereocenters. The number of carbonyl (C=O) groups is 8. The molecule has 0 spiro atoms. The molecule has 20 nitrogen and oxygen atoms in total. The Morgan fingerprint density at radius 3 is 2.36 bits per heavy atom. The third-order valence-electron chi connectivity index (χ3n) is 14.9. The van der Waals surface area contributed by atoms with Crippen LogP contribution in [0, 0.1) is 17.8 Å². The first-order chi connectivity index (χ1) is 36.8. The second-order valence-corrected chi connectivity index (χ2v) is 21.7. The van der Waals surface area contributed by atoms with Gasteiger partial charge in [-0.05, 0) is 82.6 Å². The molecule has 78 heavy (non-hydrogen) atoms. The number of primary amides is 1. The summed E-state index contributed by atoms with van der Waals surface area (Å²) >= 11 is 6.84. The largest absolute Gasteiger partial charge is 0.496 e. The zero-order chi connectivity index (χ0) is 57.6. The summed E-state index contributed by atoms with van der Waals surface area (Å²) < 4.78 is 35.3. The SMILES string of the molecule is COc1cc(NC(=O)O[C@H]2CC(=O)N(C)c3cc(cc(OC)c3Cl)C/C(C)=C/C=C/[C@@H](OC)[C@]3(O)CC(=O)O[C@@H](C3)[C@@H](C)[C@@H]3O[C@@]23C)ccc1CC(=O)[C@H](CCCNC(N)=O)NC(=O)[C@@H](CC(=O)CCCCC(C)=O)C(C)C. The van der Waals surface area contributed by atoms with Crippen LogP contribution in [0.15, 0.2) is 54.1 Å². The van der Waals surface area contributed by atoms with E-state index in [2.05, 4.69) is 16.0 Å². The number of nitrogens with one attached hydrogen (secondary N) is 3. The number of rotatable bonds is 22. The van der Waals surface area contributed by atoms with Gasteiger partial charge in [-0.1, -0.05) is 62.2 Å². The Morgan fingerprint density at radius 2 is 1.71 bits per heavy atom. The average molecular weight is 1110 g/mol. The molecule has 2 saturated heterocycles. The number of amides is 5. The minimum absolute atomic E-state index is 0.00142. The highest BCUT2D eigenvalue weighted by Gasteiger charge is 2.64. The number of fused-ring (bicyclic) bond motifs is 5. The van der Waals surface area contributed by atoms with Crippen molar-refractivity contribution in [3.8, 4) is 11.5 Å². The van der Waals surface area contributed by atoms with E-state index in [9.17, 15) is 43.5 Å². The molecule has 0 aromatic heterocycles. The first-order valence-corrected chi connectivity index (χ1v) is 26.8. The molecular formula is C57H78ClN5O15. The number of hydrogen-bond acceptors (Lipinski definition) is 15. The molecule has 0 aliphatic carbocycles. The smallest absolute Gasteiger partial charge is 0.412 e. The Hall–Kier alpha value is -6.35. The van der Waals surface area contributed by atoms with Crippen molar-refractivity contribution < 1.29 is 71.9 Å². The number of unbranched alkanes of at least 4 members (excludes halogenated alkanes) is 1. The summed E-state index contributed by atoms with van der Waals surface area (Å²) in [6, 6.07) is 6.36. The minimum Gasteiger partial charge on any atom is -0.496 e. The zero-order valence-corrected chi connectivity index (χ0v) is 47.3. The van der Waals surface area contributed by atoms with E-state index >= 15 is 0 Å². The van der Waals surface area contributed by atoms with Crippen LogP contribution >= 0.6 is 11.6 Å². The monoisotopic (exact) mass is 1110 g/mol. The molecule has 428 valence electrons. The van der Waals surface area contributed by atoms with Gasteiger partial charge in [-0.3, -0.25) is 29.3 Å². The predicted molar refractivity (Wildman–Crippen MR) is 291 cm³/mol. The van der Waals surface area contributed by atoms with Crippen molar-refractivity contribution in [1.82, 2.24) is 10.6 Å². The number of methoxy groups -OCH3 is 3. The molecule has 21 heteroatoms. The van der Waals surface area contributed by atoms with E-state index in [-0.39, 0.29) is 85.4 Å². The summed E-state index contributed by atoms with van der Waals surface area (Å²) in [4.78, 5) is 107. The number of benzene rings is 2. The summed E-state index contributed by atoms with van der Waals surface area (Å²) in [5.74, 6) is -3.08. The highest BCUT2D eigenvalue weighted by atomic mass is 35.5. The Kier molecular flexibility index (Phi) is 22.4. The van der Waals surface area contributed by atoms with E-state index in [1.54, 1.807) is 51.2 Å². The molecule has 5 amide bonds. The lowest BCUT2D eigenvalue weighted by Gasteiger charge is -2.41. The summed E-state index contributed by atoms with van der Waals surface area (Å²) in [6.07, 6.45) is 2.17. The standard InChI is InChI=1S/C57H78ClN5O15/c1-32(2)40(28-39(65)17-12-11-16-34(4)64)53(69)62-41(18-14-22-60-54(59)70)43(66)26-37-20-21-38(27-44(37)73-8)61-55(71)77-48-29-49(67)63(7)42-24-36(25-45(74-9)51(42)58)23-33(3)15-13-19-47(75-10)57(72)30-46(76-50(68)31-57)35(5)52-56(48,6)78-52/h13,15,19-21,24-25,27,32,35,40-41,46-48,52,72H,11-12,14,16-18,22-23,26,28-31H2,1-10H3,(H,61,71)(H,62,69)(H3,59,60,70)/b19-13+,33-15+/t35-,40+,41+,46+,47-,48+,52+,56+,57-/m1/s1. The van der Waals surface area contributed by atoms with Gasteiger partial charge in [0.25, 0.3) is 0 Å². The molecular weight excluding hydrogens is 1030 g/mol. The molecule has 2 aromatic rings. The maximum absolute atomic E-state index is 14.4. The van der Waals surface area contributed by atoms with Crippen LogP contribution < -0.4 is 36.1 Å². The minimum atomic E-state index is -1.65. The number of hydrogen-bond donors (Lipinski definition) is 5. The fourth-order valence-corrected chi connectivity index (χ4v) is 10.5. The highest BCUT2D eigenvalue weighted by molar-refractivity contribution is 6.35. The van der Waals surface area contributed by atoms with Crippen LogP contribution in [0.4, 0.5) is 21.0 Å². The summed E-state index contributed by atoms with van der Waals surface area (Å²) in [5, 5.41) is 20.2. The lowest BCUT2D eigenvalue weighted by atomic mass is 9.78. The lowest BCUT2D eigenvalue weighted by molar-refractivity contribution is -0.187. The second-order valence-electron chi connectivity index (χ2n) is 21.3. The number of nitrogens with zero attached hydrogens (tertiary/aromatic N) is 1. The molecule has 0 unspecified atom stereocenters. The molecule has 5 rings (SSSR count). The Bertz CT molecular complexity index is 2610. The molecule has 0 saturated carbocycles. The van der Waals surface area contributed by atoms with Gasteiger partial charge < -0.3 is 59.6 Å². The van der Waals surface area contributed by atoms with Gasteiger partial charge in [0.1, 0.15) is 57.6 Å². The van der Waals surface area contributed by atoms with E-state index in [4.69, 9.17) is 45.8 Å². The number of carbonyl (C=O) groups excluding carboxylic acids is 8. The van der Waals surface area contributed by atoms with Gasteiger partial charge in [0.15, 0.2) is 5.78 Å². The molecule has 6 N–H and O–H groups in total. The number of epoxide rings is 1. The zero-order valence-electron chi connectivity index (χ0n) is 46.5. The van der Waals surface area contributed by atoms with Crippen LogP contribution in [0.25, 0.3) is 0 Å². The van der Waals surface area contributed by atoms with Gasteiger partial charge in [0.05, 0.1) is 44.9 Å². The number of esters is 1. The second kappa shape index (κ2) is 28.0. The van der Waals surface area contributed by atoms with E-state index < -0.39 is 95.6 Å². The average Bonchev–Trinajstić information content (AvgIpc) is 4.22. The number of aliphatic hydroxyl groups is 1. The van der Waals surface area contributed by atoms with Crippen molar-refractivity contribution in [2.24, 2.45) is 23.5 Å². The first kappa shape index (κ1) is 62.5. The molecule has 0 radical (unpaired) electrons. The van der Waals surface area contributed by atoms with E-state index in [1.165, 1.54) is 45.3 Å². The van der Waals surface area contributed by atoms with Crippen LogP contribution in [-0.2, 0) is 60.6 Å². The van der Waals surface area contributed by atoms with Crippen LogP contribution in [0.1, 0.15) is 117 Å². The van der Waals surface area contributed by atoms with Gasteiger partial charge in [-0.2, -0.15) is 0 Å². The molecule has 3 aliphatic rings. The van der Waals surface area contributed by atoms with E-state index in [0.29, 0.717) is 42.7 Å². The number of halogens is 1. The molecule has 4 bridgehead atoms. The topological polar surface area (TPSA) is 281 Å². The van der Waals surface area contributed by atoms with Crippen LogP contribution in [0.5, 0.6) is 11.5 Å². The predicted octanol–water partition coefficient (Wildman–Crippen LogP) is 7.06. The van der Waals surface area contributed by atoms with Crippen molar-refractivity contribution in [3.05, 3.63) is 70.3 Å². The van der Waals surface area contributed by atoms with Crippen LogP contribution in [0.3, 0.4) is 0 Å². The van der Waals surface area contributed by atoms with Gasteiger partial charge >= 0.3 is 18.1 Å². The number of anilines is 2. The molecule has 3 aliphatic heterocycles. The summed E-state index contributed by atoms with van der Waals surface area (Å²) in [7, 11) is 5.85. The number of allylic oxidation sites excluding steroid dienone is 3. The van der Waals surface area contributed by atoms with Crippen molar-refractivity contribution in [3.63, 3.8) is 0 Å². The molecule has 2 aromatic carbocycles. The third kappa shape index (κ3) is 16.8. The Labute approximate surface area is 461 Å². The van der Waals surface area contributed by atoms with Gasteiger partial charge in [-0.25, -0.2) is 9.59 Å². The molecule has 3 heterocycles. The van der Waals surface area contributed by atoms with E-state index in [0.717, 1.165) is 11.1 Å². The number of ketones is 3. The fourth-order valence-electron chi connectivity index (χ4n) is 10.2. The normalized spacial score (nSPS) is 25.2. The van der Waals surface area contributed by atoms with E-state index in [1.807, 2.05) is 26.8 Å². The maximum Gasteiger partial charge on any atom is 0.412 e. The van der Waals surface area contributed by atoms with Gasteiger partial charge in [0.2, 0.25) is 11.8 Å². The number of ether oxygens (including phenoxy) is 6.